The van der Waals surface area contributed by atoms with Crippen LogP contribution in [0.2, 0.25) is 0 Å². The van der Waals surface area contributed by atoms with E-state index in [2.05, 4.69) is 87.2 Å². The molecule has 0 saturated heterocycles. The third-order valence-corrected chi connectivity index (χ3v) is 4.65. The molecule has 1 N–H and O–H groups in total. The summed E-state index contributed by atoms with van der Waals surface area (Å²) in [5.74, 6) is 0.869. The van der Waals surface area contributed by atoms with E-state index < -0.39 is 0 Å². The molecule has 0 aliphatic carbocycles. The van der Waals surface area contributed by atoms with Crippen LogP contribution in [0.3, 0.4) is 0 Å². The van der Waals surface area contributed by atoms with Gasteiger partial charge in [-0.2, -0.15) is 0 Å². The van der Waals surface area contributed by atoms with Crippen LogP contribution in [0.5, 0.6) is 5.75 Å². The largest absolute Gasteiger partial charge is 0.496 e. The van der Waals surface area contributed by atoms with E-state index in [1.807, 2.05) is 6.07 Å². The number of hydrogen-bond donors (Lipinski definition) is 1. The molecule has 21 heavy (non-hydrogen) atoms. The standard InChI is InChI=1S/C17H19BrINO/c1-3-20-16(13-5-4-6-14(19)11-13)10-12-7-8-17(21-2)15(18)9-12/h4-9,11,16,20H,3,10H2,1-2H3. The minimum absolute atomic E-state index is 0.324. The molecule has 0 saturated carbocycles. The lowest BCUT2D eigenvalue weighted by molar-refractivity contribution is 0.412. The van der Waals surface area contributed by atoms with Crippen molar-refractivity contribution in [3.63, 3.8) is 0 Å². The Morgan fingerprint density at radius 2 is 2.05 bits per heavy atom. The van der Waals surface area contributed by atoms with Crippen molar-refractivity contribution in [3.8, 4) is 5.75 Å². The fourth-order valence-corrected chi connectivity index (χ4v) is 3.51. The minimum atomic E-state index is 0.324. The van der Waals surface area contributed by atoms with Crippen LogP contribution < -0.4 is 10.1 Å². The van der Waals surface area contributed by atoms with E-state index >= 15 is 0 Å². The van der Waals surface area contributed by atoms with Gasteiger partial charge in [-0.3, -0.25) is 0 Å². The second kappa shape index (κ2) is 8.15. The molecule has 4 heteroatoms. The highest BCUT2D eigenvalue weighted by molar-refractivity contribution is 14.1. The van der Waals surface area contributed by atoms with Crippen LogP contribution >= 0.6 is 38.5 Å². The lowest BCUT2D eigenvalue weighted by atomic mass is 9.99. The first-order chi connectivity index (χ1) is 10.1. The van der Waals surface area contributed by atoms with E-state index in [9.17, 15) is 0 Å². The smallest absolute Gasteiger partial charge is 0.133 e. The summed E-state index contributed by atoms with van der Waals surface area (Å²) < 4.78 is 7.56. The molecule has 0 radical (unpaired) electrons. The van der Waals surface area contributed by atoms with Crippen molar-refractivity contribution in [2.24, 2.45) is 0 Å². The maximum atomic E-state index is 5.29. The SMILES string of the molecule is CCNC(Cc1ccc(OC)c(Br)c1)c1cccc(I)c1. The van der Waals surface area contributed by atoms with Gasteiger partial charge in [-0.1, -0.05) is 25.1 Å². The van der Waals surface area contributed by atoms with Gasteiger partial charge in [0.1, 0.15) is 5.75 Å². The van der Waals surface area contributed by atoms with Gasteiger partial charge in [0.15, 0.2) is 0 Å². The van der Waals surface area contributed by atoms with Gasteiger partial charge < -0.3 is 10.1 Å². The summed E-state index contributed by atoms with van der Waals surface area (Å²) >= 11 is 5.92. The van der Waals surface area contributed by atoms with Crippen molar-refractivity contribution in [1.29, 1.82) is 0 Å². The molecule has 0 spiro atoms. The van der Waals surface area contributed by atoms with Crippen LogP contribution in [-0.4, -0.2) is 13.7 Å². The lowest BCUT2D eigenvalue weighted by Gasteiger charge is -2.19. The molecule has 2 nitrogen and oxygen atoms in total. The fraction of sp³-hybridized carbons (Fsp3) is 0.294. The molecule has 2 aromatic carbocycles. The summed E-state index contributed by atoms with van der Waals surface area (Å²) in [7, 11) is 1.69. The van der Waals surface area contributed by atoms with Crippen LogP contribution in [-0.2, 0) is 6.42 Å². The first-order valence-electron chi connectivity index (χ1n) is 6.95. The summed E-state index contributed by atoms with van der Waals surface area (Å²) in [6.07, 6.45) is 0.955. The van der Waals surface area contributed by atoms with Gasteiger partial charge in [0.05, 0.1) is 11.6 Å². The molecule has 0 aliphatic heterocycles. The van der Waals surface area contributed by atoms with E-state index in [-0.39, 0.29) is 0 Å². The summed E-state index contributed by atoms with van der Waals surface area (Å²) in [5, 5.41) is 3.57. The molecule has 0 heterocycles. The molecule has 0 aliphatic rings. The summed E-state index contributed by atoms with van der Waals surface area (Å²) in [5.41, 5.74) is 2.61. The Kier molecular flexibility index (Phi) is 6.51. The summed E-state index contributed by atoms with van der Waals surface area (Å²) in [6, 6.07) is 15.3. The Morgan fingerprint density at radius 1 is 1.24 bits per heavy atom. The molecule has 2 aromatic rings. The highest BCUT2D eigenvalue weighted by Gasteiger charge is 2.12. The Morgan fingerprint density at radius 3 is 2.67 bits per heavy atom. The number of ether oxygens (including phenoxy) is 1. The van der Waals surface area contributed by atoms with E-state index in [1.54, 1.807) is 7.11 Å². The number of benzene rings is 2. The molecular formula is C17H19BrINO. The zero-order chi connectivity index (χ0) is 15.2. The second-order valence-electron chi connectivity index (χ2n) is 4.84. The van der Waals surface area contributed by atoms with Gasteiger partial charge in [0.25, 0.3) is 0 Å². The van der Waals surface area contributed by atoms with E-state index in [0.29, 0.717) is 6.04 Å². The van der Waals surface area contributed by atoms with E-state index in [1.165, 1.54) is 14.7 Å². The van der Waals surface area contributed by atoms with Crippen LogP contribution in [0.25, 0.3) is 0 Å². The van der Waals surface area contributed by atoms with Crippen LogP contribution in [0.15, 0.2) is 46.9 Å². The number of nitrogens with one attached hydrogen (secondary N) is 1. The average molecular weight is 460 g/mol. The van der Waals surface area contributed by atoms with Crippen LogP contribution in [0, 0.1) is 3.57 Å². The van der Waals surface area contributed by atoms with Crippen molar-refractivity contribution < 1.29 is 4.74 Å². The number of likely N-dealkylation sites (N-methyl/N-ethyl adjacent to an activating group) is 1. The molecule has 2 rings (SSSR count). The molecule has 1 atom stereocenters. The first kappa shape index (κ1) is 16.8. The highest BCUT2D eigenvalue weighted by Crippen LogP contribution is 2.28. The van der Waals surface area contributed by atoms with Crippen molar-refractivity contribution in [2.75, 3.05) is 13.7 Å². The Balaban J connectivity index is 2.22. The maximum absolute atomic E-state index is 5.29. The number of methoxy groups -OCH3 is 1. The second-order valence-corrected chi connectivity index (χ2v) is 6.94. The summed E-state index contributed by atoms with van der Waals surface area (Å²) in [4.78, 5) is 0. The molecule has 1 unspecified atom stereocenters. The lowest BCUT2D eigenvalue weighted by Crippen LogP contribution is -2.23. The topological polar surface area (TPSA) is 21.3 Å². The third-order valence-electron chi connectivity index (χ3n) is 3.36. The molecule has 0 fully saturated rings. The normalized spacial score (nSPS) is 12.2. The van der Waals surface area contributed by atoms with E-state index in [0.717, 1.165) is 23.2 Å². The first-order valence-corrected chi connectivity index (χ1v) is 8.82. The monoisotopic (exact) mass is 459 g/mol. The van der Waals surface area contributed by atoms with Gasteiger partial charge >= 0.3 is 0 Å². The fourth-order valence-electron chi connectivity index (χ4n) is 2.35. The molecular weight excluding hydrogens is 441 g/mol. The van der Waals surface area contributed by atoms with Gasteiger partial charge in [0, 0.05) is 9.61 Å². The zero-order valence-electron chi connectivity index (χ0n) is 12.2. The van der Waals surface area contributed by atoms with Crippen molar-refractivity contribution in [1.82, 2.24) is 5.32 Å². The van der Waals surface area contributed by atoms with Crippen molar-refractivity contribution >= 4 is 38.5 Å². The zero-order valence-corrected chi connectivity index (χ0v) is 15.9. The maximum Gasteiger partial charge on any atom is 0.133 e. The molecule has 0 aromatic heterocycles. The number of hydrogen-bond acceptors (Lipinski definition) is 2. The Labute approximate surface area is 148 Å². The number of rotatable bonds is 6. The summed E-state index contributed by atoms with van der Waals surface area (Å²) in [6.45, 7) is 3.10. The highest BCUT2D eigenvalue weighted by atomic mass is 127. The van der Waals surface area contributed by atoms with E-state index in [4.69, 9.17) is 4.74 Å². The van der Waals surface area contributed by atoms with Gasteiger partial charge in [0.2, 0.25) is 0 Å². The van der Waals surface area contributed by atoms with Gasteiger partial charge in [-0.15, -0.1) is 0 Å². The quantitative estimate of drug-likeness (QED) is 0.616. The Hall–Kier alpha value is -0.590. The molecule has 112 valence electrons. The molecule has 0 bridgehead atoms. The van der Waals surface area contributed by atoms with Crippen LogP contribution in [0.4, 0.5) is 0 Å². The minimum Gasteiger partial charge on any atom is -0.496 e. The van der Waals surface area contributed by atoms with Crippen LogP contribution in [0.1, 0.15) is 24.1 Å². The predicted octanol–water partition coefficient (Wildman–Crippen LogP) is 4.96. The predicted molar refractivity (Wildman–Crippen MR) is 100.0 cm³/mol. The van der Waals surface area contributed by atoms with Crippen molar-refractivity contribution in [2.45, 2.75) is 19.4 Å². The molecule has 0 amide bonds. The van der Waals surface area contributed by atoms with Gasteiger partial charge in [-0.05, 0) is 86.9 Å². The Bertz CT molecular complexity index is 603. The average Bonchev–Trinajstić information content (AvgIpc) is 2.47. The van der Waals surface area contributed by atoms with Crippen molar-refractivity contribution in [3.05, 3.63) is 61.6 Å². The third kappa shape index (κ3) is 4.69. The number of halogens is 2. The van der Waals surface area contributed by atoms with Gasteiger partial charge in [-0.25, -0.2) is 0 Å².